The van der Waals surface area contributed by atoms with Crippen molar-refractivity contribution in [3.8, 4) is 0 Å². The summed E-state index contributed by atoms with van der Waals surface area (Å²) in [7, 11) is -8.31. The summed E-state index contributed by atoms with van der Waals surface area (Å²) in [6.45, 7) is 9.23. The van der Waals surface area contributed by atoms with Crippen LogP contribution in [0.2, 0.25) is 0 Å². The third-order valence-electron chi connectivity index (χ3n) is 3.14. The van der Waals surface area contributed by atoms with Gasteiger partial charge in [0.1, 0.15) is 0 Å². The van der Waals surface area contributed by atoms with Gasteiger partial charge in [-0.3, -0.25) is 4.57 Å². The number of quaternary nitrogens is 1. The van der Waals surface area contributed by atoms with Crippen molar-refractivity contribution in [3.05, 3.63) is 25.3 Å². The van der Waals surface area contributed by atoms with Gasteiger partial charge in [-0.1, -0.05) is 13.2 Å². The summed E-state index contributed by atoms with van der Waals surface area (Å²) >= 11 is 0. The summed E-state index contributed by atoms with van der Waals surface area (Å²) in [4.78, 5) is 17.8. The highest BCUT2D eigenvalue weighted by Crippen LogP contribution is 2.35. The lowest BCUT2D eigenvalue weighted by atomic mass is 10.2. The molecular weight excluding hydrogens is 317 g/mol. The zero-order chi connectivity index (χ0) is 16.6. The Bertz CT molecular complexity index is 474. The Morgan fingerprint density at radius 2 is 1.57 bits per heavy atom. The fourth-order valence-electron chi connectivity index (χ4n) is 2.29. The zero-order valence-electron chi connectivity index (χ0n) is 12.1. The van der Waals surface area contributed by atoms with Crippen LogP contribution in [-0.4, -0.2) is 65.3 Å². The van der Waals surface area contributed by atoms with Crippen molar-refractivity contribution in [1.82, 2.24) is 0 Å². The standard InChI is InChI=1S/C12H24NO6PS/c1-3-7-13(8-4-2,9-5-11-20(14,15)16)10-6-12-21(17,18)19/h3-4H,1-2,5-12H2,(H2-,14,15,16,17,18,19). The van der Waals surface area contributed by atoms with Crippen LogP contribution in [0.3, 0.4) is 0 Å². The molecule has 0 aromatic heterocycles. The average Bonchev–Trinajstić information content (AvgIpc) is 2.26. The molecule has 0 bridgehead atoms. The Hall–Kier alpha value is -0.500. The lowest BCUT2D eigenvalue weighted by Crippen LogP contribution is -2.50. The Kier molecular flexibility index (Phi) is 8.61. The molecule has 2 N–H and O–H groups in total. The maximum Gasteiger partial charge on any atom is 0.325 e. The Morgan fingerprint density at radius 1 is 1.10 bits per heavy atom. The lowest BCUT2D eigenvalue weighted by Gasteiger charge is -2.37. The first-order valence-electron chi connectivity index (χ1n) is 6.59. The third-order valence-corrected chi connectivity index (χ3v) is 4.83. The maximum absolute atomic E-state index is 10.9. The van der Waals surface area contributed by atoms with E-state index in [9.17, 15) is 17.5 Å². The molecule has 0 fully saturated rings. The Labute approximate surface area is 126 Å². The first-order chi connectivity index (χ1) is 9.54. The van der Waals surface area contributed by atoms with Crippen LogP contribution in [-0.2, 0) is 14.7 Å². The molecule has 124 valence electrons. The van der Waals surface area contributed by atoms with Crippen molar-refractivity contribution < 1.29 is 31.8 Å². The topological polar surface area (TPSA) is 115 Å². The van der Waals surface area contributed by atoms with Crippen molar-refractivity contribution in [1.29, 1.82) is 0 Å². The summed E-state index contributed by atoms with van der Waals surface area (Å²) in [6, 6.07) is 0. The number of nitrogens with zero attached hydrogens (tertiary/aromatic N) is 1. The van der Waals surface area contributed by atoms with E-state index in [1.807, 2.05) is 0 Å². The van der Waals surface area contributed by atoms with Crippen LogP contribution in [0.1, 0.15) is 12.8 Å². The predicted molar refractivity (Wildman–Crippen MR) is 80.8 cm³/mol. The number of rotatable bonds is 12. The molecule has 0 rings (SSSR count). The van der Waals surface area contributed by atoms with Crippen LogP contribution in [0.4, 0.5) is 0 Å². The molecule has 0 unspecified atom stereocenters. The summed E-state index contributed by atoms with van der Waals surface area (Å²) in [5.41, 5.74) is 0. The highest BCUT2D eigenvalue weighted by Gasteiger charge is 2.25. The van der Waals surface area contributed by atoms with Crippen LogP contribution < -0.4 is 0 Å². The van der Waals surface area contributed by atoms with E-state index in [4.69, 9.17) is 9.79 Å². The van der Waals surface area contributed by atoms with Crippen LogP contribution in [0, 0.1) is 0 Å². The molecule has 0 aliphatic rings. The maximum atomic E-state index is 10.9. The molecule has 0 aliphatic heterocycles. The molecule has 0 heterocycles. The largest absolute Gasteiger partial charge is 0.748 e. The van der Waals surface area contributed by atoms with Gasteiger partial charge in [0.15, 0.2) is 0 Å². The van der Waals surface area contributed by atoms with Gasteiger partial charge in [-0.25, -0.2) is 8.42 Å². The summed E-state index contributed by atoms with van der Waals surface area (Å²) in [5.74, 6) is -0.445. The molecule has 0 atom stereocenters. The van der Waals surface area contributed by atoms with Gasteiger partial charge in [0.2, 0.25) is 0 Å². The van der Waals surface area contributed by atoms with Gasteiger partial charge < -0.3 is 18.8 Å². The Balaban J connectivity index is 4.76. The van der Waals surface area contributed by atoms with Crippen molar-refractivity contribution in [2.75, 3.05) is 38.1 Å². The highest BCUT2D eigenvalue weighted by atomic mass is 32.2. The van der Waals surface area contributed by atoms with Gasteiger partial charge in [-0.2, -0.15) is 0 Å². The molecule has 0 spiro atoms. The quantitative estimate of drug-likeness (QED) is 0.233. The molecule has 21 heavy (non-hydrogen) atoms. The summed E-state index contributed by atoms with van der Waals surface area (Å²) < 4.78 is 43.3. The van der Waals surface area contributed by atoms with Crippen molar-refractivity contribution in [2.45, 2.75) is 12.8 Å². The van der Waals surface area contributed by atoms with E-state index in [0.717, 1.165) is 0 Å². The summed E-state index contributed by atoms with van der Waals surface area (Å²) in [6.07, 6.45) is 3.63. The van der Waals surface area contributed by atoms with Crippen LogP contribution in [0.25, 0.3) is 0 Å². The fraction of sp³-hybridized carbons (Fsp3) is 0.667. The third kappa shape index (κ3) is 10.8. The molecule has 0 aliphatic carbocycles. The van der Waals surface area contributed by atoms with Gasteiger partial charge in [-0.15, -0.1) is 0 Å². The van der Waals surface area contributed by atoms with Crippen LogP contribution in [0.15, 0.2) is 25.3 Å². The van der Waals surface area contributed by atoms with Gasteiger partial charge in [0.05, 0.1) is 42.5 Å². The SMILES string of the molecule is C=CC[N+](CC=C)(CCCP(=O)(O)O)CCCS(=O)(=O)[O-]. The van der Waals surface area contributed by atoms with E-state index in [1.165, 1.54) is 0 Å². The average molecular weight is 341 g/mol. The fourth-order valence-corrected chi connectivity index (χ4v) is 3.32. The molecule has 0 aromatic carbocycles. The number of hydrogen-bond acceptors (Lipinski definition) is 4. The highest BCUT2D eigenvalue weighted by molar-refractivity contribution is 7.85. The van der Waals surface area contributed by atoms with Crippen LogP contribution >= 0.6 is 7.60 Å². The molecule has 0 aromatic rings. The smallest absolute Gasteiger partial charge is 0.325 e. The predicted octanol–water partition coefficient (Wildman–Crippen LogP) is 0.678. The molecule has 0 amide bonds. The van der Waals surface area contributed by atoms with Crippen molar-refractivity contribution in [3.63, 3.8) is 0 Å². The van der Waals surface area contributed by atoms with Gasteiger partial charge in [0, 0.05) is 18.6 Å². The van der Waals surface area contributed by atoms with Gasteiger partial charge >= 0.3 is 7.60 Å². The minimum atomic E-state index is -4.26. The van der Waals surface area contributed by atoms with E-state index in [-0.39, 0.29) is 12.6 Å². The molecule has 0 saturated carbocycles. The molecular formula is C12H24NO6PS. The van der Waals surface area contributed by atoms with Crippen molar-refractivity contribution >= 4 is 17.7 Å². The second-order valence-corrected chi connectivity index (χ2v) is 8.39. The molecule has 9 heteroatoms. The summed E-state index contributed by atoms with van der Waals surface area (Å²) in [5, 5.41) is 0. The molecule has 0 radical (unpaired) electrons. The molecule has 7 nitrogen and oxygen atoms in total. The van der Waals surface area contributed by atoms with E-state index < -0.39 is 23.5 Å². The zero-order valence-corrected chi connectivity index (χ0v) is 13.8. The lowest BCUT2D eigenvalue weighted by molar-refractivity contribution is -0.917. The van der Waals surface area contributed by atoms with Crippen LogP contribution in [0.5, 0.6) is 0 Å². The monoisotopic (exact) mass is 341 g/mol. The van der Waals surface area contributed by atoms with E-state index >= 15 is 0 Å². The minimum absolute atomic E-state index is 0.198. The van der Waals surface area contributed by atoms with E-state index in [2.05, 4.69) is 13.2 Å². The van der Waals surface area contributed by atoms with Crippen molar-refractivity contribution in [2.24, 2.45) is 0 Å². The van der Waals surface area contributed by atoms with Gasteiger partial charge in [-0.05, 0) is 12.2 Å². The second kappa shape index (κ2) is 8.82. The normalized spacial score (nSPS) is 13.1. The van der Waals surface area contributed by atoms with Gasteiger partial charge in [0.25, 0.3) is 0 Å². The molecule has 0 saturated heterocycles. The van der Waals surface area contributed by atoms with E-state index in [1.54, 1.807) is 12.2 Å². The minimum Gasteiger partial charge on any atom is -0.748 e. The first-order valence-corrected chi connectivity index (χ1v) is 9.96. The Morgan fingerprint density at radius 3 is 1.95 bits per heavy atom. The van der Waals surface area contributed by atoms with E-state index in [0.29, 0.717) is 37.1 Å². The number of hydrogen-bond donors (Lipinski definition) is 2. The first kappa shape index (κ1) is 20.5. The second-order valence-electron chi connectivity index (χ2n) is 5.09.